The van der Waals surface area contributed by atoms with Gasteiger partial charge in [0.25, 0.3) is 0 Å². The van der Waals surface area contributed by atoms with Crippen molar-refractivity contribution >= 4 is 16.8 Å². The molecule has 3 atom stereocenters. The molecule has 0 radical (unpaired) electrons. The first-order valence-corrected chi connectivity index (χ1v) is 8.66. The van der Waals surface area contributed by atoms with Crippen molar-refractivity contribution in [3.8, 4) is 0 Å². The number of hydrogen-bond acceptors (Lipinski definition) is 4. The van der Waals surface area contributed by atoms with E-state index in [1.165, 1.54) is 0 Å². The first-order chi connectivity index (χ1) is 11.5. The number of nitrogens with zero attached hydrogens (tertiary/aromatic N) is 3. The van der Waals surface area contributed by atoms with Crippen LogP contribution in [0.25, 0.3) is 10.9 Å². The summed E-state index contributed by atoms with van der Waals surface area (Å²) in [5.41, 5.74) is 6.04. The predicted octanol–water partition coefficient (Wildman–Crippen LogP) is 1.27. The summed E-state index contributed by atoms with van der Waals surface area (Å²) in [6, 6.07) is 3.76. The lowest BCUT2D eigenvalue weighted by molar-refractivity contribution is -0.143. The molecular formula is C18H24N4O2. The molecule has 3 unspecified atom stereocenters. The lowest BCUT2D eigenvalue weighted by atomic mass is 9.85. The molecule has 2 bridgehead atoms. The summed E-state index contributed by atoms with van der Waals surface area (Å²) in [4.78, 5) is 18.5. The zero-order valence-electron chi connectivity index (χ0n) is 13.9. The van der Waals surface area contributed by atoms with Gasteiger partial charge < -0.3 is 20.3 Å². The van der Waals surface area contributed by atoms with Crippen molar-refractivity contribution < 1.29 is 9.90 Å². The molecule has 128 valence electrons. The van der Waals surface area contributed by atoms with Crippen molar-refractivity contribution in [1.82, 2.24) is 14.5 Å². The van der Waals surface area contributed by atoms with E-state index in [4.69, 9.17) is 5.73 Å². The third-order valence-corrected chi connectivity index (χ3v) is 5.54. The molecule has 3 N–H and O–H groups in total. The van der Waals surface area contributed by atoms with Gasteiger partial charge in [-0.3, -0.25) is 9.78 Å². The standard InChI is InChI=1S/C18H24N4O2/c1-12(19)17(23)22-14-2-3-15(22)9-18(24,8-14)11-21-7-5-13-4-6-20-10-16(13)21/h4-7,10,12,14-15,24H,2-3,8-9,11,19H2,1H3. The highest BCUT2D eigenvalue weighted by molar-refractivity contribution is 5.82. The average Bonchev–Trinajstić information content (AvgIpc) is 3.06. The maximum absolute atomic E-state index is 12.4. The fourth-order valence-corrected chi connectivity index (χ4v) is 4.53. The zero-order valence-corrected chi connectivity index (χ0v) is 13.9. The molecule has 6 nitrogen and oxygen atoms in total. The van der Waals surface area contributed by atoms with Crippen molar-refractivity contribution in [2.45, 2.75) is 62.9 Å². The maximum Gasteiger partial charge on any atom is 0.239 e. The van der Waals surface area contributed by atoms with E-state index in [0.29, 0.717) is 19.4 Å². The zero-order chi connectivity index (χ0) is 16.9. The van der Waals surface area contributed by atoms with Gasteiger partial charge in [0, 0.05) is 29.9 Å². The SMILES string of the molecule is CC(N)C(=O)N1C2CCC1CC(O)(Cn1ccc3ccncc31)C2. The van der Waals surface area contributed by atoms with Crippen molar-refractivity contribution in [2.24, 2.45) is 5.73 Å². The normalized spacial score (nSPS) is 30.7. The smallest absolute Gasteiger partial charge is 0.239 e. The summed E-state index contributed by atoms with van der Waals surface area (Å²) in [6.45, 7) is 2.27. The first kappa shape index (κ1) is 15.6. The van der Waals surface area contributed by atoms with Gasteiger partial charge in [0.05, 0.1) is 29.9 Å². The Kier molecular flexibility index (Phi) is 3.62. The van der Waals surface area contributed by atoms with Crippen LogP contribution in [0.1, 0.15) is 32.6 Å². The van der Waals surface area contributed by atoms with Gasteiger partial charge in [-0.15, -0.1) is 0 Å². The van der Waals surface area contributed by atoms with Crippen LogP contribution in [-0.4, -0.2) is 49.2 Å². The number of fused-ring (bicyclic) bond motifs is 3. The minimum atomic E-state index is -0.789. The second-order valence-electron chi connectivity index (χ2n) is 7.43. The molecule has 0 saturated carbocycles. The Morgan fingerprint density at radius 3 is 2.79 bits per heavy atom. The molecule has 2 aliphatic heterocycles. The lowest BCUT2D eigenvalue weighted by Crippen LogP contribution is -2.57. The Morgan fingerprint density at radius 1 is 1.42 bits per heavy atom. The Morgan fingerprint density at radius 2 is 2.12 bits per heavy atom. The molecular weight excluding hydrogens is 304 g/mol. The minimum Gasteiger partial charge on any atom is -0.388 e. The number of nitrogens with two attached hydrogens (primary N) is 1. The summed E-state index contributed by atoms with van der Waals surface area (Å²) in [5.74, 6) is 0.0140. The van der Waals surface area contributed by atoms with Crippen LogP contribution in [-0.2, 0) is 11.3 Å². The van der Waals surface area contributed by atoms with E-state index in [1.54, 1.807) is 13.1 Å². The Balaban J connectivity index is 1.56. The van der Waals surface area contributed by atoms with E-state index in [1.807, 2.05) is 29.4 Å². The van der Waals surface area contributed by atoms with Gasteiger partial charge in [0.15, 0.2) is 0 Å². The van der Waals surface area contributed by atoms with E-state index in [2.05, 4.69) is 9.55 Å². The fraction of sp³-hybridized carbons (Fsp3) is 0.556. The largest absolute Gasteiger partial charge is 0.388 e. The molecule has 1 amide bonds. The minimum absolute atomic E-state index is 0.0140. The maximum atomic E-state index is 12.4. The molecule has 24 heavy (non-hydrogen) atoms. The third-order valence-electron chi connectivity index (χ3n) is 5.54. The topological polar surface area (TPSA) is 84.4 Å². The fourth-order valence-electron chi connectivity index (χ4n) is 4.53. The number of aliphatic hydroxyl groups is 1. The quantitative estimate of drug-likeness (QED) is 0.888. The number of aromatic nitrogens is 2. The molecule has 4 heterocycles. The number of amides is 1. The summed E-state index contributed by atoms with van der Waals surface area (Å²) < 4.78 is 2.07. The number of carbonyl (C=O) groups excluding carboxylic acids is 1. The average molecular weight is 328 g/mol. The number of carbonyl (C=O) groups is 1. The van der Waals surface area contributed by atoms with Crippen LogP contribution in [0.2, 0.25) is 0 Å². The van der Waals surface area contributed by atoms with Gasteiger partial charge in [0.2, 0.25) is 5.91 Å². The molecule has 2 aromatic rings. The van der Waals surface area contributed by atoms with Crippen LogP contribution in [0.15, 0.2) is 30.7 Å². The van der Waals surface area contributed by atoms with E-state index in [0.717, 1.165) is 23.7 Å². The van der Waals surface area contributed by atoms with Crippen LogP contribution in [0.3, 0.4) is 0 Å². The number of pyridine rings is 1. The monoisotopic (exact) mass is 328 g/mol. The van der Waals surface area contributed by atoms with Gasteiger partial charge in [-0.2, -0.15) is 0 Å². The molecule has 6 heteroatoms. The number of rotatable bonds is 3. The van der Waals surface area contributed by atoms with E-state index < -0.39 is 11.6 Å². The number of piperidine rings is 1. The Bertz CT molecular complexity index is 755. The van der Waals surface area contributed by atoms with E-state index >= 15 is 0 Å². The summed E-state index contributed by atoms with van der Waals surface area (Å²) in [7, 11) is 0. The predicted molar refractivity (Wildman–Crippen MR) is 91.2 cm³/mol. The van der Waals surface area contributed by atoms with E-state index in [9.17, 15) is 9.90 Å². The highest BCUT2D eigenvalue weighted by atomic mass is 16.3. The summed E-state index contributed by atoms with van der Waals surface area (Å²) in [5, 5.41) is 12.3. The van der Waals surface area contributed by atoms with Crippen molar-refractivity contribution in [3.63, 3.8) is 0 Å². The molecule has 2 aliphatic rings. The van der Waals surface area contributed by atoms with Gasteiger partial charge in [-0.1, -0.05) is 0 Å². The molecule has 0 spiro atoms. The highest BCUT2D eigenvalue weighted by Gasteiger charge is 2.49. The molecule has 2 fully saturated rings. The van der Waals surface area contributed by atoms with Crippen LogP contribution in [0.5, 0.6) is 0 Å². The van der Waals surface area contributed by atoms with Gasteiger partial charge in [0.1, 0.15) is 0 Å². The van der Waals surface area contributed by atoms with Crippen molar-refractivity contribution in [2.75, 3.05) is 0 Å². The number of hydrogen-bond donors (Lipinski definition) is 2. The van der Waals surface area contributed by atoms with Gasteiger partial charge in [-0.05, 0) is 44.7 Å². The molecule has 4 rings (SSSR count). The van der Waals surface area contributed by atoms with Crippen LogP contribution in [0, 0.1) is 0 Å². The van der Waals surface area contributed by atoms with Crippen LogP contribution >= 0.6 is 0 Å². The van der Waals surface area contributed by atoms with Gasteiger partial charge >= 0.3 is 0 Å². The molecule has 2 saturated heterocycles. The molecule has 0 aliphatic carbocycles. The van der Waals surface area contributed by atoms with Gasteiger partial charge in [-0.25, -0.2) is 0 Å². The summed E-state index contributed by atoms with van der Waals surface area (Å²) >= 11 is 0. The Hall–Kier alpha value is -1.92. The lowest BCUT2D eigenvalue weighted by Gasteiger charge is -2.44. The van der Waals surface area contributed by atoms with Crippen molar-refractivity contribution in [1.29, 1.82) is 0 Å². The molecule has 2 aromatic heterocycles. The second-order valence-corrected chi connectivity index (χ2v) is 7.43. The Labute approximate surface area is 141 Å². The summed E-state index contributed by atoms with van der Waals surface area (Å²) in [6.07, 6.45) is 8.76. The van der Waals surface area contributed by atoms with Crippen LogP contribution in [0.4, 0.5) is 0 Å². The molecule has 0 aromatic carbocycles. The highest BCUT2D eigenvalue weighted by Crippen LogP contribution is 2.42. The van der Waals surface area contributed by atoms with Crippen LogP contribution < -0.4 is 5.73 Å². The second kappa shape index (κ2) is 5.57. The van der Waals surface area contributed by atoms with Crippen molar-refractivity contribution in [3.05, 3.63) is 30.7 Å². The van der Waals surface area contributed by atoms with E-state index in [-0.39, 0.29) is 18.0 Å². The third kappa shape index (κ3) is 2.50. The first-order valence-electron chi connectivity index (χ1n) is 8.66.